The van der Waals surface area contributed by atoms with Crippen molar-refractivity contribution in [3.05, 3.63) is 24.2 Å². The number of nitriles is 1. The molecule has 2 rings (SSSR count). The molecule has 114 valence electrons. The van der Waals surface area contributed by atoms with Crippen molar-refractivity contribution >= 4 is 5.91 Å². The molecule has 1 aromatic rings. The van der Waals surface area contributed by atoms with Crippen molar-refractivity contribution in [3.63, 3.8) is 0 Å². The molecule has 1 fully saturated rings. The molecule has 0 aromatic carbocycles. The van der Waals surface area contributed by atoms with E-state index in [1.165, 1.54) is 0 Å². The quantitative estimate of drug-likeness (QED) is 0.871. The largest absolute Gasteiger partial charge is 0.467 e. The van der Waals surface area contributed by atoms with Gasteiger partial charge in [-0.25, -0.2) is 0 Å². The summed E-state index contributed by atoms with van der Waals surface area (Å²) in [6, 6.07) is 5.80. The number of amides is 1. The first-order valence-electron chi connectivity index (χ1n) is 7.49. The third kappa shape index (κ3) is 3.27. The highest BCUT2D eigenvalue weighted by atomic mass is 16.3. The van der Waals surface area contributed by atoms with Crippen LogP contribution in [0.3, 0.4) is 0 Å². The fraction of sp³-hybridized carbons (Fsp3) is 0.625. The third-order valence-corrected chi connectivity index (χ3v) is 4.43. The van der Waals surface area contributed by atoms with Gasteiger partial charge in [0, 0.05) is 13.1 Å². The monoisotopic (exact) mass is 289 g/mol. The second-order valence-corrected chi connectivity index (χ2v) is 5.95. The minimum absolute atomic E-state index is 0.133. The lowest BCUT2D eigenvalue weighted by molar-refractivity contribution is -0.144. The van der Waals surface area contributed by atoms with Gasteiger partial charge in [-0.1, -0.05) is 13.8 Å². The van der Waals surface area contributed by atoms with E-state index in [1.54, 1.807) is 11.2 Å². The first kappa shape index (κ1) is 15.6. The van der Waals surface area contributed by atoms with E-state index < -0.39 is 0 Å². The molecule has 0 radical (unpaired) electrons. The Morgan fingerprint density at radius 1 is 1.62 bits per heavy atom. The Kier molecular flexibility index (Phi) is 5.03. The van der Waals surface area contributed by atoms with Gasteiger partial charge < -0.3 is 14.6 Å². The molecular weight excluding hydrogens is 266 g/mol. The van der Waals surface area contributed by atoms with E-state index in [0.717, 1.165) is 18.7 Å². The minimum atomic E-state index is -0.359. The van der Waals surface area contributed by atoms with Gasteiger partial charge in [0.25, 0.3) is 0 Å². The molecule has 1 aliphatic rings. The van der Waals surface area contributed by atoms with Crippen LogP contribution in [0.5, 0.6) is 0 Å². The van der Waals surface area contributed by atoms with Crippen molar-refractivity contribution in [1.82, 2.24) is 10.2 Å². The Labute approximate surface area is 125 Å². The van der Waals surface area contributed by atoms with Crippen LogP contribution in [0.2, 0.25) is 0 Å². The van der Waals surface area contributed by atoms with Crippen LogP contribution in [-0.4, -0.2) is 30.4 Å². The molecule has 2 heterocycles. The maximum absolute atomic E-state index is 13.1. The lowest BCUT2D eigenvalue weighted by Gasteiger charge is -2.36. The number of carbonyl (C=O) groups is 1. The smallest absolute Gasteiger partial charge is 0.230 e. The number of hydrogen-bond acceptors (Lipinski definition) is 4. The zero-order chi connectivity index (χ0) is 15.3. The summed E-state index contributed by atoms with van der Waals surface area (Å²) in [6.07, 6.45) is 2.80. The molecule has 5 nitrogen and oxygen atoms in total. The zero-order valence-electron chi connectivity index (χ0n) is 12.8. The second kappa shape index (κ2) is 6.77. The molecule has 5 heteroatoms. The summed E-state index contributed by atoms with van der Waals surface area (Å²) in [5.74, 6) is 1.15. The van der Waals surface area contributed by atoms with E-state index >= 15 is 0 Å². The number of furan rings is 1. The number of nitrogens with zero attached hydrogens (tertiary/aromatic N) is 2. The summed E-state index contributed by atoms with van der Waals surface area (Å²) in [5, 5.41) is 12.1. The van der Waals surface area contributed by atoms with Crippen LogP contribution in [0.1, 0.15) is 32.4 Å². The van der Waals surface area contributed by atoms with E-state index in [1.807, 2.05) is 12.1 Å². The molecule has 0 saturated carbocycles. The van der Waals surface area contributed by atoms with Crippen LogP contribution in [0.15, 0.2) is 22.8 Å². The van der Waals surface area contributed by atoms with Gasteiger partial charge in [-0.05, 0) is 31.0 Å². The summed E-state index contributed by atoms with van der Waals surface area (Å²) in [4.78, 5) is 14.8. The first-order valence-corrected chi connectivity index (χ1v) is 7.49. The highest BCUT2D eigenvalue weighted by Crippen LogP contribution is 2.36. The highest BCUT2D eigenvalue weighted by Gasteiger charge is 2.46. The SMILES string of the molecule is CC(C)C1(C(=O)N(CCC#N)Cc2ccco2)CCNC1. The standard InChI is InChI=1S/C16H23N3O2/c1-13(2)16(6-8-18-12-16)15(20)19(9-4-7-17)11-14-5-3-10-21-14/h3,5,10,13,18H,4,6,8-9,11-12H2,1-2H3. The fourth-order valence-electron chi connectivity index (χ4n) is 2.98. The van der Waals surface area contributed by atoms with Gasteiger partial charge in [-0.15, -0.1) is 0 Å². The molecule has 21 heavy (non-hydrogen) atoms. The Hall–Kier alpha value is -1.80. The topological polar surface area (TPSA) is 69.3 Å². The van der Waals surface area contributed by atoms with Crippen LogP contribution in [0.25, 0.3) is 0 Å². The minimum Gasteiger partial charge on any atom is -0.467 e. The van der Waals surface area contributed by atoms with Gasteiger partial charge in [0.15, 0.2) is 0 Å². The zero-order valence-corrected chi connectivity index (χ0v) is 12.8. The fourth-order valence-corrected chi connectivity index (χ4v) is 2.98. The van der Waals surface area contributed by atoms with Crippen LogP contribution in [0.4, 0.5) is 0 Å². The molecule has 1 N–H and O–H groups in total. The van der Waals surface area contributed by atoms with E-state index in [2.05, 4.69) is 25.2 Å². The van der Waals surface area contributed by atoms with Gasteiger partial charge in [0.2, 0.25) is 5.91 Å². The van der Waals surface area contributed by atoms with Gasteiger partial charge >= 0.3 is 0 Å². The Morgan fingerprint density at radius 3 is 2.95 bits per heavy atom. The third-order valence-electron chi connectivity index (χ3n) is 4.43. The first-order chi connectivity index (χ1) is 10.1. The molecule has 0 spiro atoms. The predicted octanol–water partition coefficient (Wildman–Crippen LogP) is 2.16. The molecule has 1 aromatic heterocycles. The van der Waals surface area contributed by atoms with Crippen molar-refractivity contribution in [2.45, 2.75) is 33.2 Å². The summed E-state index contributed by atoms with van der Waals surface area (Å²) in [5.41, 5.74) is -0.359. The molecule has 0 bridgehead atoms. The number of hydrogen-bond donors (Lipinski definition) is 1. The number of carbonyl (C=O) groups excluding carboxylic acids is 1. The Balaban J connectivity index is 2.18. The summed E-state index contributed by atoms with van der Waals surface area (Å²) in [7, 11) is 0. The van der Waals surface area contributed by atoms with Gasteiger partial charge in [-0.2, -0.15) is 5.26 Å². The maximum Gasteiger partial charge on any atom is 0.230 e. The maximum atomic E-state index is 13.1. The Morgan fingerprint density at radius 2 is 2.43 bits per heavy atom. The molecule has 1 atom stereocenters. The van der Waals surface area contributed by atoms with E-state index in [9.17, 15) is 4.79 Å². The van der Waals surface area contributed by atoms with Crippen LogP contribution in [-0.2, 0) is 11.3 Å². The molecule has 1 saturated heterocycles. The van der Waals surface area contributed by atoms with Crippen LogP contribution in [0, 0.1) is 22.7 Å². The van der Waals surface area contributed by atoms with E-state index in [-0.39, 0.29) is 17.2 Å². The van der Waals surface area contributed by atoms with Crippen molar-refractivity contribution in [2.75, 3.05) is 19.6 Å². The lowest BCUT2D eigenvalue weighted by Crippen LogP contribution is -2.48. The summed E-state index contributed by atoms with van der Waals surface area (Å²) < 4.78 is 5.36. The molecule has 1 aliphatic heterocycles. The second-order valence-electron chi connectivity index (χ2n) is 5.95. The van der Waals surface area contributed by atoms with Crippen molar-refractivity contribution in [3.8, 4) is 6.07 Å². The van der Waals surface area contributed by atoms with Crippen molar-refractivity contribution in [2.24, 2.45) is 11.3 Å². The van der Waals surface area contributed by atoms with E-state index in [4.69, 9.17) is 9.68 Å². The highest BCUT2D eigenvalue weighted by molar-refractivity contribution is 5.83. The van der Waals surface area contributed by atoms with Gasteiger partial charge in [0.1, 0.15) is 5.76 Å². The van der Waals surface area contributed by atoms with Gasteiger partial charge in [0.05, 0.1) is 30.7 Å². The molecular formula is C16H23N3O2. The average Bonchev–Trinajstić information content (AvgIpc) is 3.14. The van der Waals surface area contributed by atoms with Crippen LogP contribution >= 0.6 is 0 Å². The molecule has 1 amide bonds. The lowest BCUT2D eigenvalue weighted by atomic mass is 9.75. The van der Waals surface area contributed by atoms with Gasteiger partial charge in [-0.3, -0.25) is 4.79 Å². The summed E-state index contributed by atoms with van der Waals surface area (Å²) >= 11 is 0. The Bertz CT molecular complexity index is 496. The number of nitrogens with one attached hydrogen (secondary N) is 1. The summed E-state index contributed by atoms with van der Waals surface area (Å²) in [6.45, 7) is 6.66. The van der Waals surface area contributed by atoms with Crippen molar-refractivity contribution in [1.29, 1.82) is 5.26 Å². The average molecular weight is 289 g/mol. The predicted molar refractivity (Wildman–Crippen MR) is 79.1 cm³/mol. The molecule has 1 unspecified atom stereocenters. The van der Waals surface area contributed by atoms with E-state index in [0.29, 0.717) is 26.1 Å². The normalized spacial score (nSPS) is 21.4. The molecule has 0 aliphatic carbocycles. The van der Waals surface area contributed by atoms with Crippen LogP contribution < -0.4 is 5.32 Å². The number of rotatable bonds is 6. The van der Waals surface area contributed by atoms with Crippen molar-refractivity contribution < 1.29 is 9.21 Å².